The molecule has 0 saturated carbocycles. The lowest BCUT2D eigenvalue weighted by Gasteiger charge is -2.14. The van der Waals surface area contributed by atoms with Gasteiger partial charge in [0.1, 0.15) is 0 Å². The quantitative estimate of drug-likeness (QED) is 0.872. The van der Waals surface area contributed by atoms with E-state index in [4.69, 9.17) is 33.0 Å². The molecule has 9 heteroatoms. The van der Waals surface area contributed by atoms with Crippen molar-refractivity contribution in [1.29, 1.82) is 0 Å². The third-order valence-corrected chi connectivity index (χ3v) is 3.66. The zero-order valence-corrected chi connectivity index (χ0v) is 12.5. The summed E-state index contributed by atoms with van der Waals surface area (Å²) >= 11 is 12.1. The molecule has 1 unspecified atom stereocenters. The monoisotopic (exact) mass is 330 g/mol. The summed E-state index contributed by atoms with van der Waals surface area (Å²) in [6.07, 6.45) is -0.707. The topological polar surface area (TPSA) is 90.1 Å². The predicted molar refractivity (Wildman–Crippen MR) is 76.3 cm³/mol. The predicted octanol–water partition coefficient (Wildman–Crippen LogP) is 2.14. The number of halogens is 2. The van der Waals surface area contributed by atoms with E-state index in [-0.39, 0.29) is 13.0 Å². The Balaban J connectivity index is 2.30. The Hall–Kier alpha value is -1.70. The first kappa shape index (κ1) is 15.7. The van der Waals surface area contributed by atoms with E-state index >= 15 is 0 Å². The molecular weight excluding hydrogens is 319 g/mol. The summed E-state index contributed by atoms with van der Waals surface area (Å²) in [5, 5.41) is 20.9. The van der Waals surface area contributed by atoms with Crippen LogP contribution >= 0.6 is 23.2 Å². The van der Waals surface area contributed by atoms with Crippen LogP contribution in [0.25, 0.3) is 11.4 Å². The van der Waals surface area contributed by atoms with Crippen LogP contribution in [-0.4, -0.2) is 44.5 Å². The van der Waals surface area contributed by atoms with E-state index in [1.54, 1.807) is 18.2 Å². The molecule has 0 aliphatic heterocycles. The molecule has 0 bridgehead atoms. The average Bonchev–Trinajstić information content (AvgIpc) is 2.88. The third-order valence-electron chi connectivity index (χ3n) is 2.84. The summed E-state index contributed by atoms with van der Waals surface area (Å²) in [7, 11) is 1.43. The van der Waals surface area contributed by atoms with Crippen LogP contribution in [0.3, 0.4) is 0 Å². The number of methoxy groups -OCH3 is 1. The second kappa shape index (κ2) is 6.84. The fourth-order valence-electron chi connectivity index (χ4n) is 1.81. The summed E-state index contributed by atoms with van der Waals surface area (Å²) in [5.41, 5.74) is 0.569. The van der Waals surface area contributed by atoms with E-state index in [0.717, 1.165) is 0 Å². The van der Waals surface area contributed by atoms with Crippen molar-refractivity contribution in [2.45, 2.75) is 19.1 Å². The van der Waals surface area contributed by atoms with E-state index in [2.05, 4.69) is 15.5 Å². The van der Waals surface area contributed by atoms with Gasteiger partial charge in [-0.1, -0.05) is 29.3 Å². The molecule has 112 valence electrons. The number of carboxylic acids is 1. The Morgan fingerprint density at radius 1 is 1.48 bits per heavy atom. The third kappa shape index (κ3) is 3.69. The molecule has 1 heterocycles. The second-order valence-corrected chi connectivity index (χ2v) is 5.03. The smallest absolute Gasteiger partial charge is 0.306 e. The van der Waals surface area contributed by atoms with Gasteiger partial charge in [0.25, 0.3) is 0 Å². The highest BCUT2D eigenvalue weighted by molar-refractivity contribution is 6.43. The van der Waals surface area contributed by atoms with E-state index in [9.17, 15) is 4.79 Å². The molecule has 0 radical (unpaired) electrons. The van der Waals surface area contributed by atoms with Crippen LogP contribution in [0.5, 0.6) is 0 Å². The van der Waals surface area contributed by atoms with Gasteiger partial charge in [0.05, 0.1) is 29.1 Å². The number of tetrazole rings is 1. The minimum Gasteiger partial charge on any atom is -0.481 e. The van der Waals surface area contributed by atoms with E-state index < -0.39 is 12.1 Å². The maximum absolute atomic E-state index is 10.8. The lowest BCUT2D eigenvalue weighted by molar-refractivity contribution is -0.139. The van der Waals surface area contributed by atoms with Crippen LogP contribution in [-0.2, 0) is 16.1 Å². The van der Waals surface area contributed by atoms with Gasteiger partial charge in [-0.3, -0.25) is 4.79 Å². The number of aliphatic carboxylic acids is 1. The normalized spacial score (nSPS) is 12.3. The van der Waals surface area contributed by atoms with Crippen molar-refractivity contribution in [3.63, 3.8) is 0 Å². The van der Waals surface area contributed by atoms with Gasteiger partial charge in [-0.05, 0) is 22.6 Å². The lowest BCUT2D eigenvalue weighted by atomic mass is 10.2. The first-order chi connectivity index (χ1) is 10.0. The number of carbonyl (C=O) groups is 1. The van der Waals surface area contributed by atoms with Gasteiger partial charge < -0.3 is 9.84 Å². The van der Waals surface area contributed by atoms with Crippen LogP contribution in [0.1, 0.15) is 6.42 Å². The number of nitrogens with zero attached hydrogens (tertiary/aromatic N) is 4. The zero-order chi connectivity index (χ0) is 15.4. The molecular formula is C12H12Cl2N4O3. The zero-order valence-electron chi connectivity index (χ0n) is 11.0. The molecule has 1 aromatic carbocycles. The van der Waals surface area contributed by atoms with Gasteiger partial charge in [-0.15, -0.1) is 5.10 Å². The Bertz CT molecular complexity index is 647. The molecule has 0 aliphatic carbocycles. The second-order valence-electron chi connectivity index (χ2n) is 4.24. The Morgan fingerprint density at radius 3 is 2.90 bits per heavy atom. The Labute approximate surface area is 130 Å². The van der Waals surface area contributed by atoms with Gasteiger partial charge in [-0.25, -0.2) is 4.68 Å². The molecule has 0 amide bonds. The first-order valence-electron chi connectivity index (χ1n) is 5.98. The minimum absolute atomic E-state index is 0.154. The Morgan fingerprint density at radius 2 is 2.24 bits per heavy atom. The standard InChI is InChI=1S/C12H12Cl2N4O3/c1-21-7(5-10(19)20)6-18-12(15-16-17-18)8-3-2-4-9(13)11(8)14/h2-4,7H,5-6H2,1H3,(H,19,20). The van der Waals surface area contributed by atoms with E-state index in [1.165, 1.54) is 11.8 Å². The molecule has 1 aromatic heterocycles. The highest BCUT2D eigenvalue weighted by Crippen LogP contribution is 2.32. The molecule has 2 aromatic rings. The Kier molecular flexibility index (Phi) is 5.11. The van der Waals surface area contributed by atoms with Crippen molar-refractivity contribution in [2.24, 2.45) is 0 Å². The fourth-order valence-corrected chi connectivity index (χ4v) is 2.19. The van der Waals surface area contributed by atoms with Crippen LogP contribution in [0, 0.1) is 0 Å². The van der Waals surface area contributed by atoms with E-state index in [0.29, 0.717) is 21.4 Å². The molecule has 0 fully saturated rings. The highest BCUT2D eigenvalue weighted by atomic mass is 35.5. The molecule has 1 atom stereocenters. The van der Waals surface area contributed by atoms with Gasteiger partial charge >= 0.3 is 5.97 Å². The van der Waals surface area contributed by atoms with Gasteiger partial charge in [0.2, 0.25) is 0 Å². The summed E-state index contributed by atoms with van der Waals surface area (Å²) in [6, 6.07) is 5.12. The van der Waals surface area contributed by atoms with Crippen molar-refractivity contribution < 1.29 is 14.6 Å². The summed E-state index contributed by atoms with van der Waals surface area (Å²) < 4.78 is 6.56. The van der Waals surface area contributed by atoms with Crippen molar-refractivity contribution in [3.8, 4) is 11.4 Å². The van der Waals surface area contributed by atoms with Crippen molar-refractivity contribution in [3.05, 3.63) is 28.2 Å². The van der Waals surface area contributed by atoms with Crippen molar-refractivity contribution in [1.82, 2.24) is 20.2 Å². The molecule has 0 saturated heterocycles. The first-order valence-corrected chi connectivity index (χ1v) is 6.73. The highest BCUT2D eigenvalue weighted by Gasteiger charge is 2.19. The van der Waals surface area contributed by atoms with Crippen LogP contribution in [0.4, 0.5) is 0 Å². The minimum atomic E-state index is -0.961. The lowest BCUT2D eigenvalue weighted by Crippen LogP contribution is -2.23. The molecule has 0 aliphatic rings. The van der Waals surface area contributed by atoms with Gasteiger partial charge in [0.15, 0.2) is 5.82 Å². The van der Waals surface area contributed by atoms with E-state index in [1.807, 2.05) is 0 Å². The molecule has 7 nitrogen and oxygen atoms in total. The molecule has 1 N–H and O–H groups in total. The van der Waals surface area contributed by atoms with Crippen LogP contribution in [0.2, 0.25) is 10.0 Å². The van der Waals surface area contributed by atoms with Crippen LogP contribution < -0.4 is 0 Å². The van der Waals surface area contributed by atoms with Crippen molar-refractivity contribution in [2.75, 3.05) is 7.11 Å². The molecule has 21 heavy (non-hydrogen) atoms. The SMILES string of the molecule is COC(CC(=O)O)Cn1nnnc1-c1cccc(Cl)c1Cl. The summed E-state index contributed by atoms with van der Waals surface area (Å²) in [4.78, 5) is 10.8. The fraction of sp³-hybridized carbons (Fsp3) is 0.333. The number of rotatable bonds is 6. The maximum Gasteiger partial charge on any atom is 0.306 e. The maximum atomic E-state index is 10.8. The largest absolute Gasteiger partial charge is 0.481 e. The van der Waals surface area contributed by atoms with Gasteiger partial charge in [-0.2, -0.15) is 0 Å². The number of hydrogen-bond acceptors (Lipinski definition) is 5. The van der Waals surface area contributed by atoms with Crippen molar-refractivity contribution >= 4 is 29.2 Å². The number of benzene rings is 1. The van der Waals surface area contributed by atoms with Crippen LogP contribution in [0.15, 0.2) is 18.2 Å². The molecule has 2 rings (SSSR count). The van der Waals surface area contributed by atoms with Gasteiger partial charge in [0, 0.05) is 12.7 Å². The summed E-state index contributed by atoms with van der Waals surface area (Å²) in [6.45, 7) is 0.188. The number of aromatic nitrogens is 4. The summed E-state index contributed by atoms with van der Waals surface area (Å²) in [5.74, 6) is -0.563. The molecule has 0 spiro atoms. The average molecular weight is 331 g/mol. The number of ether oxygens (including phenoxy) is 1. The number of hydrogen-bond donors (Lipinski definition) is 1. The number of carboxylic acid groups (broad SMARTS) is 1.